The summed E-state index contributed by atoms with van der Waals surface area (Å²) in [6, 6.07) is 0. The third-order valence-electron chi connectivity index (χ3n) is 1.69. The molecule has 1 aliphatic heterocycles. The maximum atomic E-state index is 11.5. The van der Waals surface area contributed by atoms with Crippen molar-refractivity contribution >= 4 is 5.97 Å². The number of carbonyl (C=O) groups is 1. The van der Waals surface area contributed by atoms with Crippen molar-refractivity contribution in [3.8, 4) is 0 Å². The van der Waals surface area contributed by atoms with E-state index in [0.717, 1.165) is 18.5 Å². The van der Waals surface area contributed by atoms with Crippen molar-refractivity contribution in [2.24, 2.45) is 0 Å². The highest BCUT2D eigenvalue weighted by atomic mass is 16.6. The van der Waals surface area contributed by atoms with E-state index in [1.165, 1.54) is 0 Å². The van der Waals surface area contributed by atoms with Gasteiger partial charge in [-0.05, 0) is 33.7 Å². The summed E-state index contributed by atoms with van der Waals surface area (Å²) in [5, 5.41) is 3.13. The molecule has 3 nitrogen and oxygen atoms in total. The van der Waals surface area contributed by atoms with Crippen LogP contribution in [0.15, 0.2) is 11.6 Å². The lowest BCUT2D eigenvalue weighted by Crippen LogP contribution is -2.31. The van der Waals surface area contributed by atoms with Crippen molar-refractivity contribution in [2.75, 3.05) is 13.1 Å². The molecule has 1 N–H and O–H groups in total. The summed E-state index contributed by atoms with van der Waals surface area (Å²) in [6.45, 7) is 7.21. The second-order valence-corrected chi connectivity index (χ2v) is 4.20. The molecular weight excluding hydrogens is 166 g/mol. The fourth-order valence-corrected chi connectivity index (χ4v) is 1.14. The summed E-state index contributed by atoms with van der Waals surface area (Å²) < 4.78 is 5.23. The Balaban J connectivity index is 2.52. The third-order valence-corrected chi connectivity index (χ3v) is 1.69. The van der Waals surface area contributed by atoms with Gasteiger partial charge in [-0.25, -0.2) is 4.79 Å². The minimum absolute atomic E-state index is 0.195. The first-order valence-corrected chi connectivity index (χ1v) is 4.62. The Bertz CT molecular complexity index is 226. The van der Waals surface area contributed by atoms with Crippen molar-refractivity contribution in [1.29, 1.82) is 0 Å². The van der Waals surface area contributed by atoms with Gasteiger partial charge in [0.1, 0.15) is 5.60 Å². The molecule has 13 heavy (non-hydrogen) atoms. The average Bonchev–Trinajstić information content (AvgIpc) is 2.03. The number of hydrogen-bond acceptors (Lipinski definition) is 3. The highest BCUT2D eigenvalue weighted by Crippen LogP contribution is 2.12. The quantitative estimate of drug-likeness (QED) is 0.622. The van der Waals surface area contributed by atoms with Crippen LogP contribution in [0.2, 0.25) is 0 Å². The molecule has 0 atom stereocenters. The van der Waals surface area contributed by atoms with Gasteiger partial charge in [0, 0.05) is 12.1 Å². The summed E-state index contributed by atoms with van der Waals surface area (Å²) in [6.07, 6.45) is 2.86. The van der Waals surface area contributed by atoms with E-state index < -0.39 is 5.60 Å². The minimum atomic E-state index is -0.393. The van der Waals surface area contributed by atoms with Crippen LogP contribution in [0.3, 0.4) is 0 Å². The Hall–Kier alpha value is -0.830. The molecule has 1 rings (SSSR count). The molecule has 0 aliphatic carbocycles. The van der Waals surface area contributed by atoms with Crippen LogP contribution in [0.25, 0.3) is 0 Å². The Morgan fingerprint density at radius 3 is 2.69 bits per heavy atom. The van der Waals surface area contributed by atoms with Crippen LogP contribution in [0.5, 0.6) is 0 Å². The van der Waals surface area contributed by atoms with Crippen LogP contribution < -0.4 is 5.32 Å². The highest BCUT2D eigenvalue weighted by Gasteiger charge is 2.20. The Labute approximate surface area is 79.2 Å². The lowest BCUT2D eigenvalue weighted by Gasteiger charge is -2.22. The molecule has 3 heteroatoms. The summed E-state index contributed by atoms with van der Waals surface area (Å²) in [7, 11) is 0. The molecule has 0 unspecified atom stereocenters. The normalized spacial score (nSPS) is 17.9. The molecule has 0 saturated carbocycles. The van der Waals surface area contributed by atoms with E-state index in [4.69, 9.17) is 4.74 Å². The van der Waals surface area contributed by atoms with Crippen LogP contribution >= 0.6 is 0 Å². The van der Waals surface area contributed by atoms with Crippen molar-refractivity contribution in [3.63, 3.8) is 0 Å². The number of esters is 1. The van der Waals surface area contributed by atoms with Gasteiger partial charge in [-0.15, -0.1) is 0 Å². The van der Waals surface area contributed by atoms with Gasteiger partial charge in [-0.1, -0.05) is 6.08 Å². The first kappa shape index (κ1) is 10.3. The van der Waals surface area contributed by atoms with Crippen molar-refractivity contribution in [2.45, 2.75) is 32.8 Å². The first-order chi connectivity index (χ1) is 5.99. The molecule has 0 amide bonds. The van der Waals surface area contributed by atoms with Crippen molar-refractivity contribution in [3.05, 3.63) is 11.6 Å². The second kappa shape index (κ2) is 3.92. The van der Waals surface area contributed by atoms with Crippen molar-refractivity contribution < 1.29 is 9.53 Å². The molecular formula is C10H17NO2. The molecule has 0 aromatic heterocycles. The summed E-state index contributed by atoms with van der Waals surface area (Å²) in [5.41, 5.74) is 0.358. The fourth-order valence-electron chi connectivity index (χ4n) is 1.14. The summed E-state index contributed by atoms with van der Waals surface area (Å²) in [4.78, 5) is 11.5. The van der Waals surface area contributed by atoms with E-state index in [9.17, 15) is 4.79 Å². The summed E-state index contributed by atoms with van der Waals surface area (Å²) in [5.74, 6) is -0.195. The highest BCUT2D eigenvalue weighted by molar-refractivity contribution is 5.89. The largest absolute Gasteiger partial charge is 0.457 e. The van der Waals surface area contributed by atoms with Crippen LogP contribution in [-0.2, 0) is 9.53 Å². The molecule has 74 valence electrons. The zero-order chi connectivity index (χ0) is 9.90. The van der Waals surface area contributed by atoms with Gasteiger partial charge < -0.3 is 10.1 Å². The van der Waals surface area contributed by atoms with E-state index in [2.05, 4.69) is 5.32 Å². The first-order valence-electron chi connectivity index (χ1n) is 4.62. The summed E-state index contributed by atoms with van der Waals surface area (Å²) >= 11 is 0. The maximum absolute atomic E-state index is 11.5. The molecule has 0 aromatic rings. The lowest BCUT2D eigenvalue weighted by molar-refractivity contribution is -0.150. The Morgan fingerprint density at radius 2 is 2.23 bits per heavy atom. The number of hydrogen-bond donors (Lipinski definition) is 1. The zero-order valence-corrected chi connectivity index (χ0v) is 8.52. The smallest absolute Gasteiger partial charge is 0.335 e. The van der Waals surface area contributed by atoms with Gasteiger partial charge >= 0.3 is 5.97 Å². The lowest BCUT2D eigenvalue weighted by atomic mass is 10.1. The van der Waals surface area contributed by atoms with Crippen LogP contribution in [0.4, 0.5) is 0 Å². The number of carbonyl (C=O) groups excluding carboxylic acids is 1. The molecule has 0 spiro atoms. The fraction of sp³-hybridized carbons (Fsp3) is 0.700. The third kappa shape index (κ3) is 3.59. The van der Waals surface area contributed by atoms with E-state index in [0.29, 0.717) is 6.54 Å². The maximum Gasteiger partial charge on any atom is 0.335 e. The van der Waals surface area contributed by atoms with Gasteiger partial charge in [-0.2, -0.15) is 0 Å². The van der Waals surface area contributed by atoms with Crippen molar-refractivity contribution in [1.82, 2.24) is 5.32 Å². The van der Waals surface area contributed by atoms with Gasteiger partial charge in [-0.3, -0.25) is 0 Å². The van der Waals surface area contributed by atoms with Gasteiger partial charge in [0.05, 0.1) is 0 Å². The molecule has 1 heterocycles. The van der Waals surface area contributed by atoms with Crippen LogP contribution in [0, 0.1) is 0 Å². The topological polar surface area (TPSA) is 38.3 Å². The van der Waals surface area contributed by atoms with Gasteiger partial charge in [0.2, 0.25) is 0 Å². The zero-order valence-electron chi connectivity index (χ0n) is 8.52. The average molecular weight is 183 g/mol. The van der Waals surface area contributed by atoms with Gasteiger partial charge in [0.25, 0.3) is 0 Å². The van der Waals surface area contributed by atoms with Crippen LogP contribution in [-0.4, -0.2) is 24.7 Å². The van der Waals surface area contributed by atoms with E-state index in [1.807, 2.05) is 26.8 Å². The molecule has 1 aliphatic rings. The monoisotopic (exact) mass is 183 g/mol. The molecule has 0 fully saturated rings. The SMILES string of the molecule is CC(C)(C)OC(=O)C1=CCCNC1. The molecule has 0 radical (unpaired) electrons. The minimum Gasteiger partial charge on any atom is -0.457 e. The Morgan fingerprint density at radius 1 is 1.54 bits per heavy atom. The molecule has 0 bridgehead atoms. The predicted octanol–water partition coefficient (Wildman–Crippen LogP) is 1.25. The van der Waals surface area contributed by atoms with Gasteiger partial charge in [0.15, 0.2) is 0 Å². The Kier molecular flexibility index (Phi) is 3.09. The number of rotatable bonds is 1. The van der Waals surface area contributed by atoms with Crippen LogP contribution in [0.1, 0.15) is 27.2 Å². The number of ether oxygens (including phenoxy) is 1. The van der Waals surface area contributed by atoms with E-state index >= 15 is 0 Å². The second-order valence-electron chi connectivity index (χ2n) is 4.20. The molecule has 0 aromatic carbocycles. The van der Waals surface area contributed by atoms with E-state index in [-0.39, 0.29) is 5.97 Å². The standard InChI is InChI=1S/C10H17NO2/c1-10(2,3)13-9(12)8-5-4-6-11-7-8/h5,11H,4,6-7H2,1-3H3. The number of nitrogens with one attached hydrogen (secondary N) is 1. The van der Waals surface area contributed by atoms with E-state index in [1.54, 1.807) is 0 Å². The molecule has 0 saturated heterocycles. The predicted molar refractivity (Wildman–Crippen MR) is 51.4 cm³/mol.